The summed E-state index contributed by atoms with van der Waals surface area (Å²) in [5.74, 6) is -0.677. The lowest BCUT2D eigenvalue weighted by molar-refractivity contribution is -0.151. The maximum Gasteiger partial charge on any atom is 0.311 e. The van der Waals surface area contributed by atoms with Gasteiger partial charge < -0.3 is 10.4 Å². The number of rotatable bonds is 6. The first-order valence-corrected chi connectivity index (χ1v) is 6.09. The average molecular weight is 243 g/mol. The molecule has 0 aliphatic heterocycles. The molecule has 2 N–H and O–H groups in total. The first kappa shape index (κ1) is 15.9. The molecule has 0 rings (SSSR count). The molecule has 0 bridgehead atoms. The van der Waals surface area contributed by atoms with Crippen LogP contribution in [-0.2, 0) is 9.59 Å². The van der Waals surface area contributed by atoms with Crippen molar-refractivity contribution >= 4 is 11.9 Å². The molecule has 17 heavy (non-hydrogen) atoms. The molecule has 0 aliphatic rings. The van der Waals surface area contributed by atoms with Crippen LogP contribution in [0.15, 0.2) is 0 Å². The van der Waals surface area contributed by atoms with Crippen LogP contribution in [0.5, 0.6) is 0 Å². The van der Waals surface area contributed by atoms with Crippen molar-refractivity contribution in [3.8, 4) is 0 Å². The molecule has 0 spiro atoms. The van der Waals surface area contributed by atoms with Gasteiger partial charge in [0.05, 0.1) is 5.41 Å². The van der Waals surface area contributed by atoms with E-state index in [-0.39, 0.29) is 5.91 Å². The van der Waals surface area contributed by atoms with Gasteiger partial charge in [-0.25, -0.2) is 0 Å². The lowest BCUT2D eigenvalue weighted by Gasteiger charge is -2.39. The van der Waals surface area contributed by atoms with Crippen LogP contribution in [0.4, 0.5) is 0 Å². The third kappa shape index (κ3) is 4.02. The molecular weight excluding hydrogens is 218 g/mol. The second-order valence-corrected chi connectivity index (χ2v) is 5.82. The van der Waals surface area contributed by atoms with E-state index in [4.69, 9.17) is 5.11 Å². The first-order chi connectivity index (χ1) is 7.54. The Kier molecular flexibility index (Phi) is 5.17. The van der Waals surface area contributed by atoms with Crippen LogP contribution in [0.2, 0.25) is 0 Å². The Morgan fingerprint density at radius 1 is 1.24 bits per heavy atom. The van der Waals surface area contributed by atoms with Crippen molar-refractivity contribution in [2.75, 3.05) is 0 Å². The largest absolute Gasteiger partial charge is 0.481 e. The molecule has 0 heterocycles. The van der Waals surface area contributed by atoms with Crippen molar-refractivity contribution < 1.29 is 14.7 Å². The van der Waals surface area contributed by atoms with E-state index in [1.54, 1.807) is 27.7 Å². The van der Waals surface area contributed by atoms with E-state index in [0.29, 0.717) is 12.3 Å². The van der Waals surface area contributed by atoms with Gasteiger partial charge in [-0.05, 0) is 33.6 Å². The van der Waals surface area contributed by atoms with E-state index in [2.05, 4.69) is 5.32 Å². The number of hydrogen-bond acceptors (Lipinski definition) is 2. The first-order valence-electron chi connectivity index (χ1n) is 6.09. The lowest BCUT2D eigenvalue weighted by atomic mass is 9.74. The predicted molar refractivity (Wildman–Crippen MR) is 67.7 cm³/mol. The highest BCUT2D eigenvalue weighted by Gasteiger charge is 2.44. The van der Waals surface area contributed by atoms with E-state index >= 15 is 0 Å². The van der Waals surface area contributed by atoms with Crippen LogP contribution < -0.4 is 5.32 Å². The summed E-state index contributed by atoms with van der Waals surface area (Å²) in [6.07, 6.45) is 1.38. The minimum atomic E-state index is -1.00. The van der Waals surface area contributed by atoms with Gasteiger partial charge in [0, 0.05) is 12.0 Å². The third-order valence-corrected chi connectivity index (χ3v) is 3.78. The smallest absolute Gasteiger partial charge is 0.311 e. The van der Waals surface area contributed by atoms with Crippen molar-refractivity contribution in [1.82, 2.24) is 5.32 Å². The van der Waals surface area contributed by atoms with E-state index in [1.807, 2.05) is 13.8 Å². The summed E-state index contributed by atoms with van der Waals surface area (Å²) in [4.78, 5) is 23.0. The topological polar surface area (TPSA) is 66.4 Å². The molecule has 1 amide bonds. The van der Waals surface area contributed by atoms with Crippen LogP contribution in [0.3, 0.4) is 0 Å². The molecule has 0 fully saturated rings. The summed E-state index contributed by atoms with van der Waals surface area (Å²) in [6.45, 7) is 10.8. The molecule has 0 radical (unpaired) electrons. The van der Waals surface area contributed by atoms with Gasteiger partial charge in [-0.15, -0.1) is 0 Å². The Labute approximate surface area is 104 Å². The van der Waals surface area contributed by atoms with Crippen LogP contribution >= 0.6 is 0 Å². The second kappa shape index (κ2) is 5.52. The van der Waals surface area contributed by atoms with Crippen molar-refractivity contribution in [3.63, 3.8) is 0 Å². The highest BCUT2D eigenvalue weighted by Crippen LogP contribution is 2.30. The normalized spacial score (nSPS) is 14.2. The summed E-state index contributed by atoms with van der Waals surface area (Å²) >= 11 is 0. The van der Waals surface area contributed by atoms with Gasteiger partial charge in [-0.1, -0.05) is 20.3 Å². The van der Waals surface area contributed by atoms with Crippen LogP contribution in [-0.4, -0.2) is 22.5 Å². The van der Waals surface area contributed by atoms with E-state index in [1.165, 1.54) is 0 Å². The minimum absolute atomic E-state index is 0.0846. The summed E-state index contributed by atoms with van der Waals surface area (Å²) in [7, 11) is 0. The highest BCUT2D eigenvalue weighted by molar-refractivity contribution is 5.80. The number of carbonyl (C=O) groups excluding carboxylic acids is 1. The molecule has 0 aromatic carbocycles. The summed E-state index contributed by atoms with van der Waals surface area (Å²) in [5.41, 5.74) is -1.78. The zero-order valence-corrected chi connectivity index (χ0v) is 11.8. The summed E-state index contributed by atoms with van der Waals surface area (Å²) < 4.78 is 0. The van der Waals surface area contributed by atoms with E-state index in [9.17, 15) is 9.59 Å². The Morgan fingerprint density at radius 2 is 1.71 bits per heavy atom. The number of carboxylic acid groups (broad SMARTS) is 1. The molecule has 1 atom stereocenters. The molecule has 0 aromatic rings. The molecule has 0 saturated carbocycles. The Balaban J connectivity index is 4.65. The Hall–Kier alpha value is -1.06. The van der Waals surface area contributed by atoms with Crippen molar-refractivity contribution in [3.05, 3.63) is 0 Å². The monoisotopic (exact) mass is 243 g/mol. The zero-order valence-electron chi connectivity index (χ0n) is 11.8. The van der Waals surface area contributed by atoms with Gasteiger partial charge in [0.2, 0.25) is 5.91 Å². The van der Waals surface area contributed by atoms with Gasteiger partial charge >= 0.3 is 5.97 Å². The van der Waals surface area contributed by atoms with E-state index < -0.39 is 16.9 Å². The molecule has 0 saturated heterocycles. The van der Waals surface area contributed by atoms with E-state index in [0.717, 1.165) is 6.42 Å². The number of aliphatic carboxylic acids is 1. The van der Waals surface area contributed by atoms with Crippen molar-refractivity contribution in [2.45, 2.75) is 59.9 Å². The molecule has 4 heteroatoms. The number of nitrogens with one attached hydrogen (secondary N) is 1. The maximum atomic E-state index is 11.8. The van der Waals surface area contributed by atoms with Crippen LogP contribution in [0.1, 0.15) is 54.4 Å². The fourth-order valence-corrected chi connectivity index (χ4v) is 1.28. The quantitative estimate of drug-likeness (QED) is 0.753. The lowest BCUT2D eigenvalue weighted by Crippen LogP contribution is -2.57. The van der Waals surface area contributed by atoms with Gasteiger partial charge in [0.25, 0.3) is 0 Å². The predicted octanol–water partition coefficient (Wildman–Crippen LogP) is 2.43. The number of hydrogen-bond donors (Lipinski definition) is 2. The van der Waals surface area contributed by atoms with Gasteiger partial charge in [-0.3, -0.25) is 9.59 Å². The van der Waals surface area contributed by atoms with Crippen molar-refractivity contribution in [2.24, 2.45) is 11.3 Å². The zero-order chi connectivity index (χ0) is 13.9. The maximum absolute atomic E-state index is 11.8. The van der Waals surface area contributed by atoms with Gasteiger partial charge in [0.1, 0.15) is 0 Å². The highest BCUT2D eigenvalue weighted by atomic mass is 16.4. The molecule has 0 aliphatic carbocycles. The summed E-state index contributed by atoms with van der Waals surface area (Å²) in [6, 6.07) is 0. The van der Waals surface area contributed by atoms with Crippen LogP contribution in [0, 0.1) is 11.3 Å². The average Bonchev–Trinajstić information content (AvgIpc) is 2.15. The molecular formula is C13H25NO3. The molecule has 100 valence electrons. The molecule has 0 aromatic heterocycles. The Bertz CT molecular complexity index is 295. The number of carboxylic acids is 1. The SMILES string of the molecule is CCC(C)CC(=O)NC(C)(C)C(C)(C)C(=O)O. The van der Waals surface area contributed by atoms with Gasteiger partial charge in [-0.2, -0.15) is 0 Å². The second-order valence-electron chi connectivity index (χ2n) is 5.82. The number of amides is 1. The third-order valence-electron chi connectivity index (χ3n) is 3.78. The van der Waals surface area contributed by atoms with Crippen LogP contribution in [0.25, 0.3) is 0 Å². The van der Waals surface area contributed by atoms with Crippen molar-refractivity contribution in [1.29, 1.82) is 0 Å². The molecule has 1 unspecified atom stereocenters. The minimum Gasteiger partial charge on any atom is -0.481 e. The number of carbonyl (C=O) groups is 2. The fourth-order valence-electron chi connectivity index (χ4n) is 1.28. The Morgan fingerprint density at radius 3 is 2.06 bits per heavy atom. The molecule has 4 nitrogen and oxygen atoms in total. The fraction of sp³-hybridized carbons (Fsp3) is 0.846. The summed E-state index contributed by atoms with van der Waals surface area (Å²) in [5, 5.41) is 12.0. The standard InChI is InChI=1S/C13H25NO3/c1-7-9(2)8-10(15)14-13(5,6)12(3,4)11(16)17/h9H,7-8H2,1-6H3,(H,14,15)(H,16,17). The van der Waals surface area contributed by atoms with Gasteiger partial charge in [0.15, 0.2) is 0 Å².